The van der Waals surface area contributed by atoms with Crippen molar-refractivity contribution in [1.29, 1.82) is 0 Å². The van der Waals surface area contributed by atoms with Crippen LogP contribution in [-0.2, 0) is 20.7 Å². The molecule has 0 saturated carbocycles. The number of amides is 3. The smallest absolute Gasteiger partial charge is 0.408 e. The molecule has 2 atom stereocenters. The van der Waals surface area contributed by atoms with Crippen LogP contribution in [0.15, 0.2) is 18.2 Å². The van der Waals surface area contributed by atoms with E-state index in [0.29, 0.717) is 11.3 Å². The highest BCUT2D eigenvalue weighted by Crippen LogP contribution is 2.35. The minimum Gasteiger partial charge on any atom is -0.444 e. The van der Waals surface area contributed by atoms with E-state index < -0.39 is 48.3 Å². The molecular formula is C21H28F3N3O4. The number of rotatable bonds is 5. The number of anilines is 1. The number of nitrogens with one attached hydrogen (secondary N) is 2. The highest BCUT2D eigenvalue weighted by Gasteiger charge is 2.42. The van der Waals surface area contributed by atoms with E-state index in [2.05, 4.69) is 5.32 Å². The van der Waals surface area contributed by atoms with Gasteiger partial charge in [0.2, 0.25) is 11.8 Å². The van der Waals surface area contributed by atoms with Gasteiger partial charge in [-0.25, -0.2) is 4.79 Å². The van der Waals surface area contributed by atoms with Gasteiger partial charge in [-0.1, -0.05) is 19.1 Å². The van der Waals surface area contributed by atoms with Crippen molar-refractivity contribution in [3.8, 4) is 0 Å². The van der Waals surface area contributed by atoms with Gasteiger partial charge in [-0.15, -0.1) is 0 Å². The summed E-state index contributed by atoms with van der Waals surface area (Å²) < 4.78 is 43.0. The molecule has 7 nitrogen and oxygen atoms in total. The van der Waals surface area contributed by atoms with Crippen molar-refractivity contribution in [2.24, 2.45) is 0 Å². The molecule has 0 aliphatic carbocycles. The van der Waals surface area contributed by atoms with E-state index >= 15 is 0 Å². The van der Waals surface area contributed by atoms with Crippen molar-refractivity contribution in [3.63, 3.8) is 0 Å². The van der Waals surface area contributed by atoms with E-state index in [-0.39, 0.29) is 12.8 Å². The first-order valence-corrected chi connectivity index (χ1v) is 9.99. The predicted molar refractivity (Wildman–Crippen MR) is 109 cm³/mol. The average molecular weight is 443 g/mol. The number of hydrogen-bond acceptors (Lipinski definition) is 4. The summed E-state index contributed by atoms with van der Waals surface area (Å²) in [5, 5.41) is 4.36. The minimum absolute atomic E-state index is 0.0836. The number of fused-ring (bicyclic) bond motifs is 1. The van der Waals surface area contributed by atoms with Crippen LogP contribution in [-0.4, -0.2) is 48.3 Å². The summed E-state index contributed by atoms with van der Waals surface area (Å²) in [5.41, 5.74) is 1.19. The summed E-state index contributed by atoms with van der Waals surface area (Å²) >= 11 is 0. The maximum absolute atomic E-state index is 13.3. The predicted octanol–water partition coefficient (Wildman–Crippen LogP) is 3.23. The lowest BCUT2D eigenvalue weighted by molar-refractivity contribution is -0.139. The third-order valence-electron chi connectivity index (χ3n) is 4.75. The molecule has 0 saturated heterocycles. The van der Waals surface area contributed by atoms with E-state index in [4.69, 9.17) is 4.74 Å². The normalized spacial score (nSPS) is 17.0. The Labute approximate surface area is 179 Å². The molecule has 10 heteroatoms. The quantitative estimate of drug-likeness (QED) is 0.732. The summed E-state index contributed by atoms with van der Waals surface area (Å²) in [6, 6.07) is 2.97. The lowest BCUT2D eigenvalue weighted by Crippen LogP contribution is -2.55. The number of alkyl carbamates (subject to hydrolysis) is 1. The van der Waals surface area contributed by atoms with Crippen molar-refractivity contribution in [1.82, 2.24) is 10.6 Å². The maximum Gasteiger partial charge on any atom is 0.408 e. The summed E-state index contributed by atoms with van der Waals surface area (Å²) in [4.78, 5) is 39.3. The van der Waals surface area contributed by atoms with Crippen LogP contribution < -0.4 is 15.5 Å². The number of benzene rings is 1. The van der Waals surface area contributed by atoms with Crippen molar-refractivity contribution in [2.75, 3.05) is 11.4 Å². The Morgan fingerprint density at radius 1 is 1.23 bits per heavy atom. The molecule has 1 heterocycles. The summed E-state index contributed by atoms with van der Waals surface area (Å²) in [6.07, 6.45) is -5.09. The van der Waals surface area contributed by atoms with Crippen LogP contribution in [0.3, 0.4) is 0 Å². The largest absolute Gasteiger partial charge is 0.444 e. The highest BCUT2D eigenvalue weighted by atomic mass is 19.4. The fraction of sp³-hybridized carbons (Fsp3) is 0.571. The first kappa shape index (κ1) is 24.5. The van der Waals surface area contributed by atoms with E-state index in [1.807, 2.05) is 5.32 Å². The van der Waals surface area contributed by atoms with E-state index in [0.717, 1.165) is 5.56 Å². The second-order valence-electron chi connectivity index (χ2n) is 8.44. The second kappa shape index (κ2) is 9.15. The second-order valence-corrected chi connectivity index (χ2v) is 8.44. The molecule has 172 valence electrons. The number of hydrogen-bond donors (Lipinski definition) is 2. The monoisotopic (exact) mass is 443 g/mol. The van der Waals surface area contributed by atoms with Crippen LogP contribution in [0.4, 0.5) is 23.7 Å². The Morgan fingerprint density at radius 2 is 1.87 bits per heavy atom. The zero-order valence-electron chi connectivity index (χ0n) is 18.2. The van der Waals surface area contributed by atoms with Crippen LogP contribution in [0.2, 0.25) is 0 Å². The van der Waals surface area contributed by atoms with Gasteiger partial charge < -0.3 is 15.4 Å². The van der Waals surface area contributed by atoms with Gasteiger partial charge >= 0.3 is 12.3 Å². The lowest BCUT2D eigenvalue weighted by atomic mass is 10.0. The number of ether oxygens (including phenoxy) is 1. The summed E-state index contributed by atoms with van der Waals surface area (Å²) in [6.45, 7) is 7.01. The average Bonchev–Trinajstić information content (AvgIpc) is 3.02. The molecule has 3 amide bonds. The lowest BCUT2D eigenvalue weighted by Gasteiger charge is -2.29. The topological polar surface area (TPSA) is 87.7 Å². The van der Waals surface area contributed by atoms with Crippen molar-refractivity contribution in [3.05, 3.63) is 29.3 Å². The Bertz CT molecular complexity index is 849. The van der Waals surface area contributed by atoms with E-state index in [9.17, 15) is 27.6 Å². The third-order valence-corrected chi connectivity index (χ3v) is 4.75. The molecule has 0 bridgehead atoms. The molecule has 0 radical (unpaired) electrons. The molecule has 1 aromatic rings. The Hall–Kier alpha value is -2.78. The van der Waals surface area contributed by atoms with Gasteiger partial charge in [-0.05, 0) is 51.3 Å². The van der Waals surface area contributed by atoms with E-state index in [1.54, 1.807) is 52.8 Å². The van der Waals surface area contributed by atoms with Gasteiger partial charge in [-0.3, -0.25) is 14.5 Å². The maximum atomic E-state index is 13.3. The SMILES string of the molecule is CC[C@H](NC(=O)OC(C)(C)C)C(=O)N1c2cccc(C)c2C[C@@H]1C(=O)NCC(F)(F)F. The van der Waals surface area contributed by atoms with Gasteiger partial charge in [-0.2, -0.15) is 13.2 Å². The fourth-order valence-corrected chi connectivity index (χ4v) is 3.37. The fourth-order valence-electron chi connectivity index (χ4n) is 3.37. The number of carbonyl (C=O) groups excluding carboxylic acids is 3. The standard InChI is InChI=1S/C21H28F3N3O4/c1-6-14(26-19(30)31-20(3,4)5)18(29)27-15-9-7-8-12(2)13(15)10-16(27)17(28)25-11-21(22,23)24/h7-9,14,16H,6,10-11H2,1-5H3,(H,25,28)(H,26,30)/t14-,16+/m0/s1. The molecule has 1 aliphatic heterocycles. The van der Waals surface area contributed by atoms with Crippen molar-refractivity contribution in [2.45, 2.75) is 71.3 Å². The van der Waals surface area contributed by atoms with Crippen LogP contribution in [0.1, 0.15) is 45.2 Å². The van der Waals surface area contributed by atoms with Crippen LogP contribution in [0.25, 0.3) is 0 Å². The molecule has 31 heavy (non-hydrogen) atoms. The molecule has 0 unspecified atom stereocenters. The first-order chi connectivity index (χ1) is 14.2. The van der Waals surface area contributed by atoms with E-state index in [1.165, 1.54) is 4.90 Å². The third kappa shape index (κ3) is 6.35. The molecule has 0 aromatic heterocycles. The van der Waals surface area contributed by atoms with Crippen molar-refractivity contribution >= 4 is 23.6 Å². The van der Waals surface area contributed by atoms with Gasteiger partial charge in [0.05, 0.1) is 0 Å². The summed E-state index contributed by atoms with van der Waals surface area (Å²) in [7, 11) is 0. The number of aryl methyl sites for hydroxylation is 1. The van der Waals surface area contributed by atoms with Crippen LogP contribution in [0.5, 0.6) is 0 Å². The molecule has 0 fully saturated rings. The van der Waals surface area contributed by atoms with Gasteiger partial charge in [0.15, 0.2) is 0 Å². The zero-order valence-corrected chi connectivity index (χ0v) is 18.2. The minimum atomic E-state index is -4.57. The molecule has 2 N–H and O–H groups in total. The van der Waals surface area contributed by atoms with Crippen molar-refractivity contribution < 1.29 is 32.3 Å². The number of carbonyl (C=O) groups is 3. The first-order valence-electron chi connectivity index (χ1n) is 9.99. The Morgan fingerprint density at radius 3 is 2.42 bits per heavy atom. The molecule has 2 rings (SSSR count). The highest BCUT2D eigenvalue weighted by molar-refractivity contribution is 6.06. The molecule has 1 aliphatic rings. The molecule has 0 spiro atoms. The molecule has 1 aromatic carbocycles. The van der Waals surface area contributed by atoms with Crippen LogP contribution >= 0.6 is 0 Å². The Balaban J connectivity index is 2.31. The number of alkyl halides is 3. The van der Waals surface area contributed by atoms with Gasteiger partial charge in [0.1, 0.15) is 24.2 Å². The Kier molecular flexibility index (Phi) is 7.23. The number of nitrogens with zero attached hydrogens (tertiary/aromatic N) is 1. The van der Waals surface area contributed by atoms with Gasteiger partial charge in [0.25, 0.3) is 0 Å². The zero-order chi connectivity index (χ0) is 23.6. The summed E-state index contributed by atoms with van der Waals surface area (Å²) in [5.74, 6) is -1.50. The number of halogens is 3. The molecular weight excluding hydrogens is 415 g/mol. The van der Waals surface area contributed by atoms with Crippen LogP contribution in [0, 0.1) is 6.92 Å². The van der Waals surface area contributed by atoms with Gasteiger partial charge in [0, 0.05) is 12.1 Å².